The first-order chi connectivity index (χ1) is 16.5. The van der Waals surface area contributed by atoms with Gasteiger partial charge >= 0.3 is 5.97 Å². The second-order valence-corrected chi connectivity index (χ2v) is 9.61. The maximum Gasteiger partial charge on any atom is 0.337 e. The van der Waals surface area contributed by atoms with E-state index in [1.165, 1.54) is 6.07 Å². The molecular formula is C29H30FNO3. The third-order valence-electron chi connectivity index (χ3n) is 7.36. The molecule has 2 aliphatic carbocycles. The average Bonchev–Trinajstić information content (AvgIpc) is 2.84. The van der Waals surface area contributed by atoms with Crippen LogP contribution in [0.2, 0.25) is 0 Å². The maximum atomic E-state index is 15.1. The van der Waals surface area contributed by atoms with Crippen LogP contribution < -0.4 is 5.32 Å². The summed E-state index contributed by atoms with van der Waals surface area (Å²) in [5.41, 5.74) is 3.72. The molecule has 0 aromatic heterocycles. The van der Waals surface area contributed by atoms with Gasteiger partial charge in [-0.2, -0.15) is 0 Å². The molecule has 1 aliphatic heterocycles. The molecule has 5 heteroatoms. The number of ether oxygens (including phenoxy) is 1. The minimum Gasteiger partial charge on any atom is -0.459 e. The molecule has 0 unspecified atom stereocenters. The number of dihydropyridines is 1. The molecule has 1 N–H and O–H groups in total. The predicted molar refractivity (Wildman–Crippen MR) is 128 cm³/mol. The molecule has 34 heavy (non-hydrogen) atoms. The van der Waals surface area contributed by atoms with Crippen molar-refractivity contribution in [2.45, 2.75) is 69.8 Å². The van der Waals surface area contributed by atoms with E-state index in [2.05, 4.69) is 5.32 Å². The summed E-state index contributed by atoms with van der Waals surface area (Å²) in [4.78, 5) is 27.0. The van der Waals surface area contributed by atoms with Gasteiger partial charge in [0.2, 0.25) is 0 Å². The van der Waals surface area contributed by atoms with Crippen molar-refractivity contribution in [1.82, 2.24) is 5.32 Å². The molecule has 1 saturated carbocycles. The van der Waals surface area contributed by atoms with Crippen molar-refractivity contribution >= 4 is 11.8 Å². The van der Waals surface area contributed by atoms with Gasteiger partial charge in [-0.25, -0.2) is 9.18 Å². The molecule has 176 valence electrons. The molecule has 5 rings (SSSR count). The summed E-state index contributed by atoms with van der Waals surface area (Å²) >= 11 is 0. The Kier molecular flexibility index (Phi) is 6.36. The van der Waals surface area contributed by atoms with Crippen molar-refractivity contribution in [3.63, 3.8) is 0 Å². The van der Waals surface area contributed by atoms with Gasteiger partial charge in [0.25, 0.3) is 0 Å². The highest BCUT2D eigenvalue weighted by Gasteiger charge is 2.42. The highest BCUT2D eigenvalue weighted by Crippen LogP contribution is 2.46. The van der Waals surface area contributed by atoms with Crippen LogP contribution in [0.5, 0.6) is 0 Å². The van der Waals surface area contributed by atoms with E-state index in [0.29, 0.717) is 35.2 Å². The van der Waals surface area contributed by atoms with Gasteiger partial charge in [0, 0.05) is 29.0 Å². The van der Waals surface area contributed by atoms with Gasteiger partial charge in [-0.1, -0.05) is 55.0 Å². The van der Waals surface area contributed by atoms with Crippen LogP contribution in [0.25, 0.3) is 0 Å². The molecule has 0 saturated heterocycles. The Balaban J connectivity index is 1.54. The van der Waals surface area contributed by atoms with E-state index in [9.17, 15) is 9.59 Å². The smallest absolute Gasteiger partial charge is 0.337 e. The van der Waals surface area contributed by atoms with Gasteiger partial charge < -0.3 is 10.1 Å². The largest absolute Gasteiger partial charge is 0.459 e. The average molecular weight is 460 g/mol. The Morgan fingerprint density at radius 3 is 2.41 bits per heavy atom. The molecule has 2 aromatic carbocycles. The van der Waals surface area contributed by atoms with Crippen molar-refractivity contribution in [2.75, 3.05) is 0 Å². The molecular weight excluding hydrogens is 429 g/mol. The highest BCUT2D eigenvalue weighted by molar-refractivity contribution is 6.04. The Labute approximate surface area is 199 Å². The van der Waals surface area contributed by atoms with Crippen molar-refractivity contribution in [3.05, 3.63) is 94.1 Å². The number of carbonyl (C=O) groups excluding carboxylic acids is 2. The summed E-state index contributed by atoms with van der Waals surface area (Å²) in [7, 11) is 0. The molecule has 0 amide bonds. The lowest BCUT2D eigenvalue weighted by Gasteiger charge is -2.37. The minimum absolute atomic E-state index is 0.0461. The molecule has 1 heterocycles. The number of rotatable bonds is 4. The fourth-order valence-corrected chi connectivity index (χ4v) is 5.69. The minimum atomic E-state index is -0.766. The first-order valence-electron chi connectivity index (χ1n) is 12.3. The van der Waals surface area contributed by atoms with Crippen LogP contribution in [0, 0.1) is 5.82 Å². The Morgan fingerprint density at radius 1 is 0.971 bits per heavy atom. The topological polar surface area (TPSA) is 55.4 Å². The van der Waals surface area contributed by atoms with E-state index in [0.717, 1.165) is 43.4 Å². The van der Waals surface area contributed by atoms with Crippen molar-refractivity contribution in [2.24, 2.45) is 0 Å². The number of benzene rings is 2. The van der Waals surface area contributed by atoms with Gasteiger partial charge in [0.15, 0.2) is 5.78 Å². The van der Waals surface area contributed by atoms with E-state index in [-0.39, 0.29) is 17.8 Å². The van der Waals surface area contributed by atoms with E-state index in [4.69, 9.17) is 4.74 Å². The number of esters is 1. The van der Waals surface area contributed by atoms with Crippen molar-refractivity contribution < 1.29 is 18.7 Å². The van der Waals surface area contributed by atoms with Crippen LogP contribution >= 0.6 is 0 Å². The van der Waals surface area contributed by atoms with Crippen LogP contribution in [0.1, 0.15) is 74.8 Å². The summed E-state index contributed by atoms with van der Waals surface area (Å²) in [5.74, 6) is -1.64. The molecule has 3 aliphatic rings. The highest BCUT2D eigenvalue weighted by atomic mass is 19.1. The van der Waals surface area contributed by atoms with Crippen LogP contribution in [-0.2, 0) is 14.3 Å². The molecule has 0 bridgehead atoms. The molecule has 2 aromatic rings. The second-order valence-electron chi connectivity index (χ2n) is 9.61. The van der Waals surface area contributed by atoms with Gasteiger partial charge in [-0.15, -0.1) is 0 Å². The fraction of sp³-hybridized carbons (Fsp3) is 0.379. The monoisotopic (exact) mass is 459 g/mol. The lowest BCUT2D eigenvalue weighted by Crippen LogP contribution is -2.37. The molecule has 1 fully saturated rings. The quantitative estimate of drug-likeness (QED) is 0.565. The van der Waals surface area contributed by atoms with Gasteiger partial charge in [0.1, 0.15) is 11.9 Å². The number of halogens is 1. The van der Waals surface area contributed by atoms with E-state index in [1.54, 1.807) is 18.2 Å². The first-order valence-corrected chi connectivity index (χ1v) is 12.3. The van der Waals surface area contributed by atoms with Crippen molar-refractivity contribution in [1.29, 1.82) is 0 Å². The zero-order valence-corrected chi connectivity index (χ0v) is 19.5. The van der Waals surface area contributed by atoms with E-state index >= 15 is 4.39 Å². The second kappa shape index (κ2) is 9.57. The lowest BCUT2D eigenvalue weighted by atomic mass is 9.71. The van der Waals surface area contributed by atoms with Crippen LogP contribution in [0.3, 0.4) is 0 Å². The number of nitrogens with one attached hydrogen (secondary N) is 1. The summed E-state index contributed by atoms with van der Waals surface area (Å²) in [6.45, 7) is 1.83. The number of hydrogen-bond donors (Lipinski definition) is 1. The van der Waals surface area contributed by atoms with Crippen LogP contribution in [-0.4, -0.2) is 17.9 Å². The maximum absolute atomic E-state index is 15.1. The summed E-state index contributed by atoms with van der Waals surface area (Å²) < 4.78 is 21.0. The summed E-state index contributed by atoms with van der Waals surface area (Å²) in [6.07, 6.45) is 5.78. The van der Waals surface area contributed by atoms with Crippen molar-refractivity contribution in [3.8, 4) is 0 Å². The number of hydrogen-bond acceptors (Lipinski definition) is 4. The zero-order valence-electron chi connectivity index (χ0n) is 19.5. The Bertz CT molecular complexity index is 1160. The number of allylic oxidation sites excluding steroid dienone is 3. The first kappa shape index (κ1) is 22.6. The third kappa shape index (κ3) is 4.31. The lowest BCUT2D eigenvalue weighted by molar-refractivity contribution is -0.146. The number of Topliss-reactive ketones (excluding diaryl/α,β-unsaturated/α-hetero) is 1. The fourth-order valence-electron chi connectivity index (χ4n) is 5.69. The van der Waals surface area contributed by atoms with Crippen LogP contribution in [0.4, 0.5) is 4.39 Å². The van der Waals surface area contributed by atoms with Gasteiger partial charge in [-0.3, -0.25) is 4.79 Å². The van der Waals surface area contributed by atoms with Gasteiger partial charge in [0.05, 0.1) is 11.5 Å². The molecule has 2 atom stereocenters. The van der Waals surface area contributed by atoms with E-state index in [1.807, 2.05) is 37.3 Å². The zero-order chi connectivity index (χ0) is 23.7. The molecule has 0 spiro atoms. The standard InChI is InChI=1S/C29H30FNO3/c1-18-26(29(33)34-21-12-6-3-7-13-21)27(22-14-8-9-15-23(22)30)28-24(31-18)16-20(17-25(28)32)19-10-4-2-5-11-19/h2,4-5,8-11,14-15,20-21,27,31H,3,6-7,12-13,16-17H2,1H3/t20-,27-/m1/s1. The Hall–Kier alpha value is -3.21. The summed E-state index contributed by atoms with van der Waals surface area (Å²) in [5, 5.41) is 3.35. The normalized spacial score (nSPS) is 23.4. The van der Waals surface area contributed by atoms with Gasteiger partial charge in [-0.05, 0) is 56.6 Å². The number of carbonyl (C=O) groups is 2. The third-order valence-corrected chi connectivity index (χ3v) is 7.36. The number of ketones is 1. The summed E-state index contributed by atoms with van der Waals surface area (Å²) in [6, 6.07) is 16.4. The molecule has 4 nitrogen and oxygen atoms in total. The predicted octanol–water partition coefficient (Wildman–Crippen LogP) is 6.06. The van der Waals surface area contributed by atoms with Crippen LogP contribution in [0.15, 0.2) is 77.1 Å². The van der Waals surface area contributed by atoms with E-state index < -0.39 is 17.7 Å². The Morgan fingerprint density at radius 2 is 1.68 bits per heavy atom. The SMILES string of the molecule is CC1=C(C(=O)OC2CCCCC2)[C@@H](c2ccccc2F)C2=C(C[C@@H](c3ccccc3)CC2=O)N1. The molecule has 0 radical (unpaired) electrons.